The number of anilines is 1. The van der Waals surface area contributed by atoms with Gasteiger partial charge in [-0.1, -0.05) is 6.07 Å². The van der Waals surface area contributed by atoms with E-state index in [1.165, 1.54) is 24.4 Å². The van der Waals surface area contributed by atoms with Crippen molar-refractivity contribution in [1.29, 1.82) is 0 Å². The second-order valence-electron chi connectivity index (χ2n) is 5.21. The summed E-state index contributed by atoms with van der Waals surface area (Å²) in [4.78, 5) is 4.55. The highest BCUT2D eigenvalue weighted by Gasteiger charge is 2.28. The summed E-state index contributed by atoms with van der Waals surface area (Å²) in [7, 11) is 0. The third-order valence-electron chi connectivity index (χ3n) is 3.62. The van der Waals surface area contributed by atoms with Crippen molar-refractivity contribution in [2.75, 3.05) is 12.1 Å². The quantitative estimate of drug-likeness (QED) is 0.935. The third kappa shape index (κ3) is 2.20. The van der Waals surface area contributed by atoms with E-state index < -0.39 is 0 Å². The van der Waals surface area contributed by atoms with Gasteiger partial charge in [0.25, 0.3) is 0 Å². The third-order valence-corrected chi connectivity index (χ3v) is 4.28. The van der Waals surface area contributed by atoms with Crippen LogP contribution in [0.4, 0.5) is 5.13 Å². The molecular weight excluding hydrogens is 274 g/mol. The topological polar surface area (TPSA) is 56.3 Å². The summed E-state index contributed by atoms with van der Waals surface area (Å²) in [6, 6.07) is 6.17. The molecule has 1 aromatic heterocycles. The van der Waals surface area contributed by atoms with Crippen molar-refractivity contribution < 1.29 is 9.47 Å². The van der Waals surface area contributed by atoms with Gasteiger partial charge in [0.15, 0.2) is 11.5 Å². The molecule has 1 N–H and O–H groups in total. The van der Waals surface area contributed by atoms with Gasteiger partial charge in [-0.05, 0) is 37.5 Å². The molecule has 104 valence electrons. The van der Waals surface area contributed by atoms with Gasteiger partial charge in [0, 0.05) is 17.5 Å². The number of benzene rings is 1. The minimum absolute atomic E-state index is 0.157. The van der Waals surface area contributed by atoms with E-state index in [2.05, 4.69) is 21.6 Å². The molecular formula is C14H15N3O2S. The van der Waals surface area contributed by atoms with Gasteiger partial charge in [0.2, 0.25) is 11.9 Å². The van der Waals surface area contributed by atoms with Crippen LogP contribution in [0.3, 0.4) is 0 Å². The lowest BCUT2D eigenvalue weighted by Crippen LogP contribution is -2.06. The maximum absolute atomic E-state index is 5.41. The Hall–Kier alpha value is -1.82. The number of hydrogen-bond acceptors (Lipinski definition) is 6. The highest BCUT2D eigenvalue weighted by atomic mass is 32.1. The molecule has 0 amide bonds. The van der Waals surface area contributed by atoms with Crippen LogP contribution >= 0.6 is 11.5 Å². The number of aromatic nitrogens is 2. The zero-order valence-electron chi connectivity index (χ0n) is 11.1. The summed E-state index contributed by atoms with van der Waals surface area (Å²) in [5.74, 6) is 3.22. The predicted molar refractivity (Wildman–Crippen MR) is 76.5 cm³/mol. The zero-order chi connectivity index (χ0) is 13.5. The monoisotopic (exact) mass is 289 g/mol. The van der Waals surface area contributed by atoms with E-state index >= 15 is 0 Å². The number of hydrogen-bond donors (Lipinski definition) is 1. The molecule has 1 unspecified atom stereocenters. The van der Waals surface area contributed by atoms with Crippen molar-refractivity contribution >= 4 is 16.7 Å². The summed E-state index contributed by atoms with van der Waals surface area (Å²) in [6.07, 6.45) is 2.46. The number of nitrogens with zero attached hydrogens (tertiary/aromatic N) is 2. The van der Waals surface area contributed by atoms with Gasteiger partial charge in [0.05, 0.1) is 6.04 Å². The average molecular weight is 289 g/mol. The van der Waals surface area contributed by atoms with Crippen LogP contribution in [0.15, 0.2) is 18.2 Å². The Labute approximate surface area is 121 Å². The molecule has 1 saturated carbocycles. The molecule has 1 fully saturated rings. The van der Waals surface area contributed by atoms with E-state index in [-0.39, 0.29) is 6.04 Å². The zero-order valence-corrected chi connectivity index (χ0v) is 11.9. The molecule has 1 aliphatic heterocycles. The Kier molecular flexibility index (Phi) is 2.77. The minimum Gasteiger partial charge on any atom is -0.454 e. The first kappa shape index (κ1) is 12.0. The van der Waals surface area contributed by atoms with E-state index in [9.17, 15) is 0 Å². The molecule has 2 heterocycles. The van der Waals surface area contributed by atoms with Crippen LogP contribution in [0.25, 0.3) is 0 Å². The van der Waals surface area contributed by atoms with Crippen LogP contribution in [-0.4, -0.2) is 16.2 Å². The van der Waals surface area contributed by atoms with Crippen LogP contribution in [0, 0.1) is 0 Å². The fourth-order valence-corrected chi connectivity index (χ4v) is 2.99. The number of nitrogens with one attached hydrogen (secondary N) is 1. The molecule has 2 aliphatic rings. The van der Waals surface area contributed by atoms with E-state index in [4.69, 9.17) is 9.47 Å². The standard InChI is InChI=1S/C14H15N3O2S/c1-8(10-4-5-11-12(6-10)19-7-18-11)15-14-16-13(17-20-14)9-2-3-9/h4-6,8-9H,2-3,7H2,1H3,(H,15,16,17). The maximum Gasteiger partial charge on any atom is 0.231 e. The largest absolute Gasteiger partial charge is 0.454 e. The SMILES string of the molecule is CC(Nc1nc(C2CC2)ns1)c1ccc2c(c1)OCO2. The Morgan fingerprint density at radius 3 is 3.00 bits per heavy atom. The van der Waals surface area contributed by atoms with Crippen LogP contribution in [0.5, 0.6) is 11.5 Å². The molecule has 0 saturated heterocycles. The molecule has 2 aromatic rings. The molecule has 5 nitrogen and oxygen atoms in total. The van der Waals surface area contributed by atoms with Gasteiger partial charge in [0.1, 0.15) is 5.82 Å². The maximum atomic E-state index is 5.41. The van der Waals surface area contributed by atoms with Crippen molar-refractivity contribution in [3.63, 3.8) is 0 Å². The first-order chi connectivity index (χ1) is 9.79. The lowest BCUT2D eigenvalue weighted by Gasteiger charge is -2.13. The normalized spacial score (nSPS) is 18.1. The van der Waals surface area contributed by atoms with Gasteiger partial charge in [-0.25, -0.2) is 4.98 Å². The summed E-state index contributed by atoms with van der Waals surface area (Å²) >= 11 is 1.44. The molecule has 6 heteroatoms. The van der Waals surface area contributed by atoms with Crippen LogP contribution in [0.1, 0.15) is 43.1 Å². The molecule has 1 aliphatic carbocycles. The smallest absolute Gasteiger partial charge is 0.231 e. The Morgan fingerprint density at radius 2 is 2.15 bits per heavy atom. The van der Waals surface area contributed by atoms with Gasteiger partial charge < -0.3 is 14.8 Å². The highest BCUT2D eigenvalue weighted by molar-refractivity contribution is 7.09. The second-order valence-corrected chi connectivity index (χ2v) is 5.96. The van der Waals surface area contributed by atoms with Crippen LogP contribution < -0.4 is 14.8 Å². The van der Waals surface area contributed by atoms with Crippen molar-refractivity contribution in [1.82, 2.24) is 9.36 Å². The number of ether oxygens (including phenoxy) is 2. The summed E-state index contributed by atoms with van der Waals surface area (Å²) in [6.45, 7) is 2.41. The Balaban J connectivity index is 1.49. The van der Waals surface area contributed by atoms with E-state index in [1.54, 1.807) is 0 Å². The van der Waals surface area contributed by atoms with Crippen LogP contribution in [-0.2, 0) is 0 Å². The van der Waals surface area contributed by atoms with Gasteiger partial charge >= 0.3 is 0 Å². The molecule has 0 spiro atoms. The number of fused-ring (bicyclic) bond motifs is 1. The lowest BCUT2D eigenvalue weighted by molar-refractivity contribution is 0.174. The van der Waals surface area contributed by atoms with E-state index in [1.807, 2.05) is 18.2 Å². The Morgan fingerprint density at radius 1 is 1.30 bits per heavy atom. The summed E-state index contributed by atoms with van der Waals surface area (Å²) < 4.78 is 15.1. The van der Waals surface area contributed by atoms with Crippen molar-refractivity contribution in [3.05, 3.63) is 29.6 Å². The predicted octanol–water partition coefficient (Wildman–Crippen LogP) is 3.32. The first-order valence-electron chi connectivity index (χ1n) is 6.79. The molecule has 4 rings (SSSR count). The van der Waals surface area contributed by atoms with Gasteiger partial charge in [-0.15, -0.1) is 0 Å². The van der Waals surface area contributed by atoms with E-state index in [0.717, 1.165) is 28.0 Å². The molecule has 20 heavy (non-hydrogen) atoms. The fourth-order valence-electron chi connectivity index (χ4n) is 2.25. The average Bonchev–Trinajstić information content (AvgIpc) is 3.02. The van der Waals surface area contributed by atoms with Crippen molar-refractivity contribution in [2.45, 2.75) is 31.7 Å². The second kappa shape index (κ2) is 4.63. The number of rotatable bonds is 4. The molecule has 1 aromatic carbocycles. The Bertz CT molecular complexity index is 639. The van der Waals surface area contributed by atoms with Crippen molar-refractivity contribution in [3.8, 4) is 11.5 Å². The lowest BCUT2D eigenvalue weighted by atomic mass is 10.1. The first-order valence-corrected chi connectivity index (χ1v) is 7.56. The molecule has 1 atom stereocenters. The summed E-state index contributed by atoms with van der Waals surface area (Å²) in [5, 5.41) is 4.29. The van der Waals surface area contributed by atoms with E-state index in [0.29, 0.717) is 12.7 Å². The van der Waals surface area contributed by atoms with Gasteiger partial charge in [-0.2, -0.15) is 4.37 Å². The van der Waals surface area contributed by atoms with Crippen molar-refractivity contribution in [2.24, 2.45) is 0 Å². The minimum atomic E-state index is 0.157. The highest BCUT2D eigenvalue weighted by Crippen LogP contribution is 2.40. The fraction of sp³-hybridized carbons (Fsp3) is 0.429. The molecule has 0 bridgehead atoms. The molecule has 0 radical (unpaired) electrons. The van der Waals surface area contributed by atoms with Crippen LogP contribution in [0.2, 0.25) is 0 Å². The summed E-state index contributed by atoms with van der Waals surface area (Å²) in [5.41, 5.74) is 1.15. The van der Waals surface area contributed by atoms with Gasteiger partial charge in [-0.3, -0.25) is 0 Å².